The van der Waals surface area contributed by atoms with Gasteiger partial charge in [0.05, 0.1) is 156 Å². The van der Waals surface area contributed by atoms with Crippen molar-refractivity contribution in [3.8, 4) is 0 Å². The number of carboxylic acid groups (broad SMARTS) is 8. The fourth-order valence-electron chi connectivity index (χ4n) is 6.44. The molecule has 2 fully saturated rings. The maximum atomic E-state index is 12.2. The van der Waals surface area contributed by atoms with Gasteiger partial charge in [-0.05, 0) is 0 Å². The molecule has 36 nitrogen and oxygen atoms in total. The Morgan fingerprint density at radius 3 is 0.560 bits per heavy atom. The van der Waals surface area contributed by atoms with Crippen LogP contribution in [0.4, 0.5) is 0 Å². The van der Waals surface area contributed by atoms with Crippen molar-refractivity contribution in [3.05, 3.63) is 0 Å². The van der Waals surface area contributed by atoms with E-state index in [9.17, 15) is 78.0 Å². The molecule has 2 rings (SSSR count). The molecule has 2 saturated heterocycles. The molecule has 0 bridgehead atoms. The summed E-state index contributed by atoms with van der Waals surface area (Å²) in [5.74, 6) is -18.1. The Kier molecular flexibility index (Phi) is 53.0. The normalized spacial score (nSPS) is 17.0. The van der Waals surface area contributed by atoms with Crippen LogP contribution in [0.5, 0.6) is 0 Å². The Balaban J connectivity index is -0.000000727. The third-order valence-electron chi connectivity index (χ3n) is 10.5. The van der Waals surface area contributed by atoms with Gasteiger partial charge in [0.1, 0.15) is 12.1 Å². The van der Waals surface area contributed by atoms with Crippen molar-refractivity contribution in [1.82, 2.24) is 40.9 Å². The van der Waals surface area contributed by atoms with Gasteiger partial charge in [-0.1, -0.05) is 0 Å². The molecule has 0 atom stereocenters. The van der Waals surface area contributed by atoms with E-state index in [4.69, 9.17) is 58.3 Å². The summed E-state index contributed by atoms with van der Waals surface area (Å²) in [5.41, 5.74) is 0. The van der Waals surface area contributed by atoms with Crippen LogP contribution in [0, 0.1) is 0 Å². The molecule has 2 heterocycles. The second-order valence-corrected chi connectivity index (χ2v) is 16.6. The molecular weight excluding hydrogens is 1120 g/mol. The van der Waals surface area contributed by atoms with E-state index in [-0.39, 0.29) is 260 Å². The van der Waals surface area contributed by atoms with E-state index in [0.717, 1.165) is 0 Å². The second kappa shape index (κ2) is 51.7. The molecule has 0 radical (unpaired) electrons. The van der Waals surface area contributed by atoms with Crippen LogP contribution < -0.4 is 117 Å². The molecule has 2 aliphatic rings. The van der Waals surface area contributed by atoms with Gasteiger partial charge >= 0.3 is 99.3 Å². The predicted molar refractivity (Wildman–Crippen MR) is 251 cm³/mol. The Morgan fingerprint density at radius 1 is 0.286 bits per heavy atom. The molecule has 0 aromatic carbocycles. The van der Waals surface area contributed by atoms with E-state index < -0.39 is 95.6 Å². The number of nitrogens with zero attached hydrogens (tertiary/aromatic N) is 4. The third kappa shape index (κ3) is 42.4. The number of amides is 4. The predicted octanol–water partition coefficient (Wildman–Crippen LogP) is -25.4. The summed E-state index contributed by atoms with van der Waals surface area (Å²) in [5, 5.41) is 86.6. The number of ether oxygens (including phenoxy) is 8. The van der Waals surface area contributed by atoms with Crippen LogP contribution in [0.1, 0.15) is 0 Å². The Morgan fingerprint density at radius 2 is 0.429 bits per heavy atom. The van der Waals surface area contributed by atoms with E-state index in [0.29, 0.717) is 0 Å². The van der Waals surface area contributed by atoms with Gasteiger partial charge in [-0.2, -0.15) is 0 Å². The SMILES string of the molecule is O=C(CN1CCOCCOCCN(CC(=O)NC(C(=O)O)C(=O)O)CCOCCOCC1)NC(C(=O)[O-])C(=O)[O-].O=C(CN1CCOCCOCCN(CC(=O)NC(C(=O)O)C(=O)O)CCOCCOCC1)NC(C(=O)[O-])C(=O)[O-].[Li+].[Li+].[Li+].[Li+]. The molecule has 0 aliphatic carbocycles. The van der Waals surface area contributed by atoms with E-state index >= 15 is 0 Å². The molecule has 40 heteroatoms. The van der Waals surface area contributed by atoms with Crippen LogP contribution in [0.2, 0.25) is 0 Å². The van der Waals surface area contributed by atoms with Crippen LogP contribution in [-0.2, 0) is 95.4 Å². The Labute approximate surface area is 529 Å². The smallest absolute Gasteiger partial charge is 0.547 e. The molecule has 0 aromatic heterocycles. The minimum atomic E-state index is -2.29. The number of hydrogen-bond donors (Lipinski definition) is 8. The summed E-state index contributed by atoms with van der Waals surface area (Å²) < 4.78 is 43.8. The zero-order chi connectivity index (χ0) is 59.8. The van der Waals surface area contributed by atoms with Crippen molar-refractivity contribution < 1.29 is 212 Å². The first-order valence-electron chi connectivity index (χ1n) is 24.5. The first-order chi connectivity index (χ1) is 38.0. The van der Waals surface area contributed by atoms with Gasteiger partial charge in [-0.25, -0.2) is 19.2 Å². The van der Waals surface area contributed by atoms with E-state index in [1.54, 1.807) is 19.6 Å². The number of carbonyl (C=O) groups is 12. The number of aliphatic carboxylic acids is 8. The number of hydrogen-bond acceptors (Lipinski definition) is 28. The topological polar surface area (TPSA) is 513 Å². The fraction of sp³-hybridized carbons (Fsp3) is 0.727. The van der Waals surface area contributed by atoms with Crippen LogP contribution in [-0.4, -0.2) is 320 Å². The van der Waals surface area contributed by atoms with Crippen molar-refractivity contribution in [2.75, 3.05) is 184 Å². The molecular formula is C44H68Li4N8O28. The molecule has 456 valence electrons. The largest absolute Gasteiger partial charge is 1.00 e. The fourth-order valence-corrected chi connectivity index (χ4v) is 6.44. The summed E-state index contributed by atoms with van der Waals surface area (Å²) in [7, 11) is 0. The maximum Gasteiger partial charge on any atom is 1.00 e. The first kappa shape index (κ1) is 86.0. The summed E-state index contributed by atoms with van der Waals surface area (Å²) in [6.07, 6.45) is 0. The van der Waals surface area contributed by atoms with Gasteiger partial charge in [-0.3, -0.25) is 38.8 Å². The second-order valence-electron chi connectivity index (χ2n) is 16.6. The van der Waals surface area contributed by atoms with E-state index in [1.165, 1.54) is 0 Å². The van der Waals surface area contributed by atoms with Crippen LogP contribution in [0.25, 0.3) is 0 Å². The van der Waals surface area contributed by atoms with E-state index in [1.807, 2.05) is 21.3 Å². The zero-order valence-corrected chi connectivity index (χ0v) is 47.5. The number of carboxylic acids is 8. The average Bonchev–Trinajstić information content (AvgIpc) is 3.37. The molecule has 84 heavy (non-hydrogen) atoms. The Hall–Kier alpha value is -4.45. The summed E-state index contributed by atoms with van der Waals surface area (Å²) in [4.78, 5) is 142. The van der Waals surface area contributed by atoms with Gasteiger partial charge in [0.15, 0.2) is 0 Å². The molecule has 2 aliphatic heterocycles. The number of rotatable bonds is 20. The molecule has 8 N–H and O–H groups in total. The van der Waals surface area contributed by atoms with Crippen molar-refractivity contribution >= 4 is 71.4 Å². The van der Waals surface area contributed by atoms with Crippen LogP contribution >= 0.6 is 0 Å². The third-order valence-corrected chi connectivity index (χ3v) is 10.5. The standard InChI is InChI=1S/2C22H36N4O14.4Li/c2*27-15(23-17(19(29)30)20(31)32)13-25-1-5-37-9-10-39-7-3-26(4-8-40-12-11-38-6-2-25)14-16(28)24-18(21(33)34)22(35)36;;;;/h2*17-18H,1-14H2,(H,23,27)(H,24,28)(H,29,30)(H,31,32)(H,33,34)(H,35,36);;;;/q;;4*+1/p-4. The minimum Gasteiger partial charge on any atom is -0.547 e. The summed E-state index contributed by atoms with van der Waals surface area (Å²) >= 11 is 0. The van der Waals surface area contributed by atoms with Gasteiger partial charge in [-0.15, -0.1) is 0 Å². The van der Waals surface area contributed by atoms with Gasteiger partial charge < -0.3 is 119 Å². The average molecular weight is 1180 g/mol. The molecule has 0 saturated carbocycles. The maximum absolute atomic E-state index is 12.2. The van der Waals surface area contributed by atoms with Crippen LogP contribution in [0.15, 0.2) is 0 Å². The Bertz CT molecular complexity index is 1640. The van der Waals surface area contributed by atoms with Crippen LogP contribution in [0.3, 0.4) is 0 Å². The van der Waals surface area contributed by atoms with Gasteiger partial charge in [0, 0.05) is 52.4 Å². The molecule has 0 unspecified atom stereocenters. The number of nitrogens with one attached hydrogen (secondary N) is 4. The van der Waals surface area contributed by atoms with Crippen molar-refractivity contribution in [2.24, 2.45) is 0 Å². The monoisotopic (exact) mass is 1180 g/mol. The summed E-state index contributed by atoms with van der Waals surface area (Å²) in [6, 6.07) is -8.71. The first-order valence-corrected chi connectivity index (χ1v) is 24.5. The molecule has 0 spiro atoms. The zero-order valence-electron chi connectivity index (χ0n) is 47.5. The molecule has 4 amide bonds. The van der Waals surface area contributed by atoms with Gasteiger partial charge in [0.25, 0.3) is 0 Å². The van der Waals surface area contributed by atoms with E-state index in [2.05, 4.69) is 0 Å². The number of carbonyl (C=O) groups excluding carboxylic acids is 8. The minimum absolute atomic E-state index is 0. The summed E-state index contributed by atoms with van der Waals surface area (Å²) in [6.45, 7) is 3.42. The van der Waals surface area contributed by atoms with Crippen molar-refractivity contribution in [2.45, 2.75) is 24.2 Å². The van der Waals surface area contributed by atoms with Crippen molar-refractivity contribution in [1.29, 1.82) is 0 Å². The van der Waals surface area contributed by atoms with Crippen molar-refractivity contribution in [3.63, 3.8) is 0 Å². The van der Waals surface area contributed by atoms with Gasteiger partial charge in [0.2, 0.25) is 35.7 Å². The quantitative estimate of drug-likeness (QED) is 0.0414. The molecule has 0 aromatic rings.